The van der Waals surface area contributed by atoms with E-state index in [4.69, 9.17) is 9.47 Å². The van der Waals surface area contributed by atoms with Crippen LogP contribution in [0.2, 0.25) is 0 Å². The van der Waals surface area contributed by atoms with Crippen molar-refractivity contribution in [1.29, 1.82) is 0 Å². The summed E-state index contributed by atoms with van der Waals surface area (Å²) in [7, 11) is 2.75. The van der Waals surface area contributed by atoms with Gasteiger partial charge in [0, 0.05) is 0 Å². The van der Waals surface area contributed by atoms with Crippen LogP contribution in [0.1, 0.15) is 36.1 Å². The van der Waals surface area contributed by atoms with Crippen molar-refractivity contribution in [3.63, 3.8) is 0 Å². The van der Waals surface area contributed by atoms with Gasteiger partial charge in [-0.05, 0) is 47.2 Å². The maximum atomic E-state index is 12.6. The summed E-state index contributed by atoms with van der Waals surface area (Å²) in [5.41, 5.74) is 5.61. The number of hydrogen-bond donors (Lipinski definition) is 0. The molecule has 0 atom stereocenters. The predicted octanol–water partition coefficient (Wildman–Crippen LogP) is 4.21. The average Bonchev–Trinajstić information content (AvgIpc) is 2.67. The molecular formula is C22H20O4. The topological polar surface area (TPSA) is 52.6 Å². The molecule has 0 spiro atoms. The number of esters is 2. The molecule has 0 fully saturated rings. The lowest BCUT2D eigenvalue weighted by Crippen LogP contribution is -2.14. The van der Waals surface area contributed by atoms with Gasteiger partial charge in [0.1, 0.15) is 0 Å². The summed E-state index contributed by atoms with van der Waals surface area (Å²) in [4.78, 5) is 25.2. The molecule has 0 aliphatic heterocycles. The highest BCUT2D eigenvalue weighted by molar-refractivity contribution is 6.31. The molecule has 1 aliphatic rings. The normalized spacial score (nSPS) is 18.9. The zero-order chi connectivity index (χ0) is 18.8. The van der Waals surface area contributed by atoms with Crippen molar-refractivity contribution in [3.05, 3.63) is 70.8 Å². The number of carbonyl (C=O) groups is 2. The number of allylic oxidation sites excluding steroid dienone is 2. The second-order valence-corrected chi connectivity index (χ2v) is 6.07. The van der Waals surface area contributed by atoms with Crippen molar-refractivity contribution in [1.82, 2.24) is 0 Å². The van der Waals surface area contributed by atoms with Crippen molar-refractivity contribution in [2.75, 3.05) is 14.2 Å². The first-order valence-electron chi connectivity index (χ1n) is 8.29. The lowest BCUT2D eigenvalue weighted by Gasteiger charge is -2.23. The van der Waals surface area contributed by atoms with Crippen molar-refractivity contribution in [3.8, 4) is 0 Å². The molecule has 3 rings (SSSR count). The molecule has 2 aromatic carbocycles. The van der Waals surface area contributed by atoms with Crippen molar-refractivity contribution < 1.29 is 19.1 Å². The third-order valence-electron chi connectivity index (χ3n) is 4.73. The van der Waals surface area contributed by atoms with E-state index in [0.717, 1.165) is 33.4 Å². The average molecular weight is 348 g/mol. The molecule has 0 radical (unpaired) electrons. The summed E-state index contributed by atoms with van der Waals surface area (Å²) in [6.45, 7) is 3.74. The van der Waals surface area contributed by atoms with Crippen LogP contribution in [0, 0.1) is 0 Å². The highest BCUT2D eigenvalue weighted by Crippen LogP contribution is 2.41. The fraction of sp³-hybridized carbons (Fsp3) is 0.182. The minimum atomic E-state index is -0.404. The maximum absolute atomic E-state index is 12.6. The molecule has 4 nitrogen and oxygen atoms in total. The van der Waals surface area contributed by atoms with E-state index < -0.39 is 11.9 Å². The number of benzene rings is 2. The summed E-state index contributed by atoms with van der Waals surface area (Å²) in [5.74, 6) is -0.807. The van der Waals surface area contributed by atoms with Gasteiger partial charge in [-0.15, -0.1) is 0 Å². The van der Waals surface area contributed by atoms with Gasteiger partial charge in [-0.25, -0.2) is 9.59 Å². The summed E-state index contributed by atoms with van der Waals surface area (Å²) in [6, 6.07) is 15.1. The Morgan fingerprint density at radius 1 is 0.615 bits per heavy atom. The third-order valence-corrected chi connectivity index (χ3v) is 4.73. The van der Waals surface area contributed by atoms with E-state index in [2.05, 4.69) is 0 Å². The number of carbonyl (C=O) groups excluding carboxylic acids is 2. The van der Waals surface area contributed by atoms with E-state index >= 15 is 0 Å². The molecule has 0 N–H and O–H groups in total. The standard InChI is InChI=1S/C22H20O4/c1-13-15-9-5-7-11-17(15)20(22(24)26-4)14(2)16-10-6-8-12-18(16)19(13)21(23)25-3/h5-12H,1-4H3/b15-13?,16-14?,19-13+,19-18?,20-14+,20-17?. The number of methoxy groups -OCH3 is 2. The van der Waals surface area contributed by atoms with E-state index in [9.17, 15) is 9.59 Å². The number of fused-ring (bicyclic) bond motifs is 2. The smallest absolute Gasteiger partial charge is 0.338 e. The first-order valence-corrected chi connectivity index (χ1v) is 8.29. The van der Waals surface area contributed by atoms with Gasteiger partial charge in [-0.2, -0.15) is 0 Å². The first-order chi connectivity index (χ1) is 12.5. The van der Waals surface area contributed by atoms with Crippen LogP contribution >= 0.6 is 0 Å². The van der Waals surface area contributed by atoms with Gasteiger partial charge >= 0.3 is 11.9 Å². The number of rotatable bonds is 2. The minimum Gasteiger partial charge on any atom is -0.465 e. The van der Waals surface area contributed by atoms with Gasteiger partial charge < -0.3 is 9.47 Å². The van der Waals surface area contributed by atoms with Gasteiger partial charge in [0.2, 0.25) is 0 Å². The summed E-state index contributed by atoms with van der Waals surface area (Å²) in [5, 5.41) is 0. The van der Waals surface area contributed by atoms with Crippen molar-refractivity contribution in [2.24, 2.45) is 0 Å². The molecule has 0 unspecified atom stereocenters. The van der Waals surface area contributed by atoms with Crippen LogP contribution < -0.4 is 0 Å². The van der Waals surface area contributed by atoms with E-state index in [0.29, 0.717) is 11.1 Å². The summed E-state index contributed by atoms with van der Waals surface area (Å²) >= 11 is 0. The fourth-order valence-electron chi connectivity index (χ4n) is 3.46. The second-order valence-electron chi connectivity index (χ2n) is 6.07. The molecule has 26 heavy (non-hydrogen) atoms. The van der Waals surface area contributed by atoms with Crippen LogP contribution in [-0.2, 0) is 19.1 Å². The SMILES string of the molecule is COC(=O)/C1=C(\C)c2ccccc2/C(C(=O)OC)=C(/C)c2ccccc21. The maximum Gasteiger partial charge on any atom is 0.338 e. The molecule has 0 amide bonds. The molecule has 0 bridgehead atoms. The van der Waals surface area contributed by atoms with Crippen LogP contribution in [-0.4, -0.2) is 26.2 Å². The van der Waals surface area contributed by atoms with Gasteiger partial charge in [0.25, 0.3) is 0 Å². The second kappa shape index (κ2) is 7.00. The molecule has 2 aromatic rings. The molecule has 0 saturated carbocycles. The quantitative estimate of drug-likeness (QED) is 0.763. The molecule has 132 valence electrons. The monoisotopic (exact) mass is 348 g/mol. The van der Waals surface area contributed by atoms with E-state index in [-0.39, 0.29) is 0 Å². The zero-order valence-corrected chi connectivity index (χ0v) is 15.3. The Hall–Kier alpha value is -3.14. The van der Waals surface area contributed by atoms with Gasteiger partial charge in [0.05, 0.1) is 25.4 Å². The Morgan fingerprint density at radius 2 is 0.923 bits per heavy atom. The Morgan fingerprint density at radius 3 is 1.23 bits per heavy atom. The summed E-state index contributed by atoms with van der Waals surface area (Å²) in [6.07, 6.45) is 0. The van der Waals surface area contributed by atoms with Crippen LogP contribution in [0.25, 0.3) is 22.3 Å². The highest BCUT2D eigenvalue weighted by atomic mass is 16.5. The van der Waals surface area contributed by atoms with Gasteiger partial charge in [-0.1, -0.05) is 48.5 Å². The van der Waals surface area contributed by atoms with E-state index in [1.54, 1.807) is 0 Å². The molecule has 4 heteroatoms. The number of hydrogen-bond acceptors (Lipinski definition) is 4. The number of ether oxygens (including phenoxy) is 2. The Labute approximate surface area is 152 Å². The molecule has 1 aliphatic carbocycles. The Kier molecular flexibility index (Phi) is 4.76. The molecular weight excluding hydrogens is 328 g/mol. The highest BCUT2D eigenvalue weighted by Gasteiger charge is 2.28. The fourth-order valence-corrected chi connectivity index (χ4v) is 3.46. The van der Waals surface area contributed by atoms with E-state index in [1.807, 2.05) is 62.4 Å². The Bertz CT molecular complexity index is 884. The molecule has 0 aromatic heterocycles. The summed E-state index contributed by atoms with van der Waals surface area (Å²) < 4.78 is 10.1. The lowest BCUT2D eigenvalue weighted by atomic mass is 9.81. The van der Waals surface area contributed by atoms with Gasteiger partial charge in [-0.3, -0.25) is 0 Å². The lowest BCUT2D eigenvalue weighted by molar-refractivity contribution is -0.134. The van der Waals surface area contributed by atoms with E-state index in [1.165, 1.54) is 14.2 Å². The largest absolute Gasteiger partial charge is 0.465 e. The van der Waals surface area contributed by atoms with Crippen LogP contribution in [0.15, 0.2) is 48.5 Å². The van der Waals surface area contributed by atoms with Crippen molar-refractivity contribution >= 4 is 34.2 Å². The van der Waals surface area contributed by atoms with Crippen LogP contribution in [0.5, 0.6) is 0 Å². The predicted molar refractivity (Wildman–Crippen MR) is 102 cm³/mol. The first kappa shape index (κ1) is 17.7. The zero-order valence-electron chi connectivity index (χ0n) is 15.3. The molecule has 0 saturated heterocycles. The Balaban J connectivity index is 2.50. The molecule has 0 heterocycles. The third kappa shape index (κ3) is 2.73. The minimum absolute atomic E-state index is 0.404. The van der Waals surface area contributed by atoms with Gasteiger partial charge in [0.15, 0.2) is 0 Å². The van der Waals surface area contributed by atoms with Crippen molar-refractivity contribution in [2.45, 2.75) is 13.8 Å². The van der Waals surface area contributed by atoms with Crippen LogP contribution in [0.4, 0.5) is 0 Å². The van der Waals surface area contributed by atoms with Crippen LogP contribution in [0.3, 0.4) is 0 Å².